The Balaban J connectivity index is 2.15. The largest absolute Gasteiger partial charge is 0.479 e. The molecule has 0 fully saturated rings. The van der Waals surface area contributed by atoms with Gasteiger partial charge in [-0.1, -0.05) is 34.1 Å². The summed E-state index contributed by atoms with van der Waals surface area (Å²) in [4.78, 5) is 10.3. The van der Waals surface area contributed by atoms with Gasteiger partial charge in [-0.2, -0.15) is 0 Å². The van der Waals surface area contributed by atoms with Crippen molar-refractivity contribution in [3.63, 3.8) is 0 Å². The maximum Gasteiger partial charge on any atom is 0.241 e. The molecule has 0 aliphatic carbocycles. The molecule has 0 bridgehead atoms. The number of thioether (sulfide) groups is 1. The number of hydrogen-bond acceptors (Lipinski definition) is 4. The van der Waals surface area contributed by atoms with E-state index in [4.69, 9.17) is 4.74 Å². The van der Waals surface area contributed by atoms with Crippen LogP contribution < -0.4 is 4.74 Å². The van der Waals surface area contributed by atoms with E-state index in [2.05, 4.69) is 32.0 Å². The smallest absolute Gasteiger partial charge is 0.241 e. The van der Waals surface area contributed by atoms with Gasteiger partial charge in [0, 0.05) is 4.91 Å². The van der Waals surface area contributed by atoms with Gasteiger partial charge in [0.25, 0.3) is 0 Å². The van der Waals surface area contributed by atoms with Crippen LogP contribution in [0.4, 0.5) is 0 Å². The second kappa shape index (κ2) is 4.90. The molecule has 1 aromatic carbocycles. The first kappa shape index (κ1) is 12.0. The lowest BCUT2D eigenvalue weighted by atomic mass is 10.2. The summed E-state index contributed by atoms with van der Waals surface area (Å²) in [5, 5.41) is 0. The van der Waals surface area contributed by atoms with Crippen molar-refractivity contribution >= 4 is 43.6 Å². The first-order chi connectivity index (χ1) is 8.78. The van der Waals surface area contributed by atoms with Crippen LogP contribution in [0.2, 0.25) is 0 Å². The number of benzene rings is 1. The van der Waals surface area contributed by atoms with Gasteiger partial charge in [-0.05, 0) is 18.6 Å². The van der Waals surface area contributed by atoms with Crippen LogP contribution in [0.1, 0.15) is 12.1 Å². The Morgan fingerprint density at radius 1 is 1.28 bits per heavy atom. The molecule has 1 atom stereocenters. The summed E-state index contributed by atoms with van der Waals surface area (Å²) in [6.45, 7) is 0. The number of allylic oxidation sites excluding steroid dienone is 1. The van der Waals surface area contributed by atoms with Gasteiger partial charge in [0.1, 0.15) is 5.69 Å². The summed E-state index contributed by atoms with van der Waals surface area (Å²) in [7, 11) is 1.63. The van der Waals surface area contributed by atoms with Crippen LogP contribution in [-0.2, 0) is 0 Å². The van der Waals surface area contributed by atoms with Crippen LogP contribution >= 0.6 is 27.7 Å². The SMILES string of the molecule is COc1nc2ccccc2nc1C1=CCC(Br)S1. The Morgan fingerprint density at radius 2 is 2.00 bits per heavy atom. The number of aromatic nitrogens is 2. The number of ether oxygens (including phenoxy) is 1. The molecular weight excluding hydrogens is 312 g/mol. The molecule has 1 unspecified atom stereocenters. The summed E-state index contributed by atoms with van der Waals surface area (Å²) < 4.78 is 5.78. The van der Waals surface area contributed by atoms with Crippen LogP contribution in [0, 0.1) is 0 Å². The molecular formula is C13H11BrN2OS. The molecule has 2 aromatic rings. The van der Waals surface area contributed by atoms with Gasteiger partial charge in [-0.25, -0.2) is 9.97 Å². The number of hydrogen-bond donors (Lipinski definition) is 0. The first-order valence-electron chi connectivity index (χ1n) is 5.60. The molecule has 0 saturated carbocycles. The number of halogens is 1. The van der Waals surface area contributed by atoms with Crippen LogP contribution in [0.15, 0.2) is 30.3 Å². The molecule has 92 valence electrons. The fourth-order valence-corrected chi connectivity index (χ4v) is 3.57. The highest BCUT2D eigenvalue weighted by Gasteiger charge is 2.21. The highest BCUT2D eigenvalue weighted by molar-refractivity contribution is 9.11. The molecule has 5 heteroatoms. The predicted molar refractivity (Wildman–Crippen MR) is 79.0 cm³/mol. The van der Waals surface area contributed by atoms with Gasteiger partial charge in [0.2, 0.25) is 5.88 Å². The number of fused-ring (bicyclic) bond motifs is 1. The molecule has 3 rings (SSSR count). The van der Waals surface area contributed by atoms with E-state index in [0.717, 1.165) is 28.1 Å². The van der Waals surface area contributed by atoms with E-state index in [1.807, 2.05) is 24.3 Å². The quantitative estimate of drug-likeness (QED) is 0.787. The Labute approximate surface area is 118 Å². The van der Waals surface area contributed by atoms with Crippen LogP contribution in [-0.4, -0.2) is 21.2 Å². The van der Waals surface area contributed by atoms with Crippen LogP contribution in [0.25, 0.3) is 15.9 Å². The van der Waals surface area contributed by atoms with Crippen LogP contribution in [0.3, 0.4) is 0 Å². The van der Waals surface area contributed by atoms with Crippen molar-refractivity contribution in [3.05, 3.63) is 36.0 Å². The van der Waals surface area contributed by atoms with E-state index in [9.17, 15) is 0 Å². The average Bonchev–Trinajstić information content (AvgIpc) is 2.83. The maximum absolute atomic E-state index is 5.36. The summed E-state index contributed by atoms with van der Waals surface area (Å²) in [5.41, 5.74) is 2.59. The van der Waals surface area contributed by atoms with E-state index in [1.165, 1.54) is 0 Å². The van der Waals surface area contributed by atoms with Gasteiger partial charge in [-0.3, -0.25) is 0 Å². The molecule has 3 nitrogen and oxygen atoms in total. The first-order valence-corrected chi connectivity index (χ1v) is 7.39. The second-order valence-corrected chi connectivity index (χ2v) is 6.86. The zero-order valence-electron chi connectivity index (χ0n) is 9.76. The Bertz CT molecular complexity index is 629. The van der Waals surface area contributed by atoms with Crippen molar-refractivity contribution < 1.29 is 4.74 Å². The van der Waals surface area contributed by atoms with Crippen molar-refractivity contribution in [1.82, 2.24) is 9.97 Å². The monoisotopic (exact) mass is 322 g/mol. The minimum Gasteiger partial charge on any atom is -0.479 e. The molecule has 0 saturated heterocycles. The highest BCUT2D eigenvalue weighted by atomic mass is 79.9. The summed E-state index contributed by atoms with van der Waals surface area (Å²) in [5.74, 6) is 0.592. The van der Waals surface area contributed by atoms with E-state index in [0.29, 0.717) is 10.0 Å². The third-order valence-corrected chi connectivity index (χ3v) is 4.71. The number of para-hydroxylation sites is 2. The predicted octanol–water partition coefficient (Wildman–Crippen LogP) is 3.84. The van der Waals surface area contributed by atoms with Crippen molar-refractivity contribution in [3.8, 4) is 5.88 Å². The topological polar surface area (TPSA) is 35.0 Å². The van der Waals surface area contributed by atoms with Crippen molar-refractivity contribution in [2.45, 2.75) is 10.6 Å². The van der Waals surface area contributed by atoms with E-state index < -0.39 is 0 Å². The lowest BCUT2D eigenvalue weighted by Gasteiger charge is -2.09. The lowest BCUT2D eigenvalue weighted by molar-refractivity contribution is 0.396. The lowest BCUT2D eigenvalue weighted by Crippen LogP contribution is -1.97. The Kier molecular flexibility index (Phi) is 3.26. The average molecular weight is 323 g/mol. The second-order valence-electron chi connectivity index (χ2n) is 3.90. The van der Waals surface area contributed by atoms with Crippen molar-refractivity contribution in [1.29, 1.82) is 0 Å². The summed E-state index contributed by atoms with van der Waals surface area (Å²) in [6, 6.07) is 7.83. The standard InChI is InChI=1S/C13H11BrN2OS/c1-17-13-12(10-6-7-11(14)18-10)15-8-4-2-3-5-9(8)16-13/h2-6,11H,7H2,1H3. The molecule has 0 spiro atoms. The fraction of sp³-hybridized carbons (Fsp3) is 0.231. The molecule has 2 heterocycles. The Morgan fingerprint density at radius 3 is 2.61 bits per heavy atom. The number of methoxy groups -OCH3 is 1. The number of rotatable bonds is 2. The zero-order valence-corrected chi connectivity index (χ0v) is 12.2. The van der Waals surface area contributed by atoms with E-state index >= 15 is 0 Å². The molecule has 0 N–H and O–H groups in total. The minimum atomic E-state index is 0.422. The van der Waals surface area contributed by atoms with Gasteiger partial charge in [-0.15, -0.1) is 11.8 Å². The van der Waals surface area contributed by atoms with E-state index in [-0.39, 0.29) is 0 Å². The summed E-state index contributed by atoms with van der Waals surface area (Å²) >= 11 is 5.35. The minimum absolute atomic E-state index is 0.422. The molecule has 0 amide bonds. The summed E-state index contributed by atoms with van der Waals surface area (Å²) in [6.07, 6.45) is 3.17. The third-order valence-electron chi connectivity index (χ3n) is 2.71. The number of nitrogens with zero attached hydrogens (tertiary/aromatic N) is 2. The molecule has 1 aliphatic rings. The third kappa shape index (κ3) is 2.12. The van der Waals surface area contributed by atoms with E-state index in [1.54, 1.807) is 18.9 Å². The van der Waals surface area contributed by atoms with Crippen molar-refractivity contribution in [2.75, 3.05) is 7.11 Å². The van der Waals surface area contributed by atoms with Gasteiger partial charge < -0.3 is 4.74 Å². The highest BCUT2D eigenvalue weighted by Crippen LogP contribution is 2.43. The van der Waals surface area contributed by atoms with Crippen molar-refractivity contribution in [2.24, 2.45) is 0 Å². The molecule has 18 heavy (non-hydrogen) atoms. The zero-order chi connectivity index (χ0) is 12.5. The fourth-order valence-electron chi connectivity index (χ4n) is 1.87. The molecule has 1 aliphatic heterocycles. The maximum atomic E-state index is 5.36. The normalized spacial score (nSPS) is 19.0. The number of alkyl halides is 1. The van der Waals surface area contributed by atoms with Gasteiger partial charge in [0.15, 0.2) is 0 Å². The Hall–Kier alpha value is -1.07. The van der Waals surface area contributed by atoms with Crippen LogP contribution in [0.5, 0.6) is 5.88 Å². The molecule has 0 radical (unpaired) electrons. The van der Waals surface area contributed by atoms with Gasteiger partial charge in [0.05, 0.1) is 22.3 Å². The van der Waals surface area contributed by atoms with Gasteiger partial charge >= 0.3 is 0 Å². The molecule has 1 aromatic heterocycles.